The number of nitrogens with one attached hydrogen (secondary N) is 1. The Bertz CT molecular complexity index is 416. The van der Waals surface area contributed by atoms with E-state index in [2.05, 4.69) is 10.4 Å². The molecule has 2 N–H and O–H groups in total. The first-order valence-corrected chi connectivity index (χ1v) is 5.68. The van der Waals surface area contributed by atoms with E-state index in [-0.39, 0.29) is 6.61 Å². The van der Waals surface area contributed by atoms with Gasteiger partial charge in [-0.2, -0.15) is 5.10 Å². The van der Waals surface area contributed by atoms with Crippen LogP contribution in [0.5, 0.6) is 5.75 Å². The summed E-state index contributed by atoms with van der Waals surface area (Å²) in [7, 11) is 0. The Morgan fingerprint density at radius 3 is 2.89 bits per heavy atom. The lowest BCUT2D eigenvalue weighted by Gasteiger charge is -2.13. The lowest BCUT2D eigenvalue weighted by atomic mass is 10.3. The van der Waals surface area contributed by atoms with Crippen molar-refractivity contribution < 1.29 is 19.4 Å². The molecular weight excluding hydrogens is 238 g/mol. The fourth-order valence-electron chi connectivity index (χ4n) is 1.37. The maximum absolute atomic E-state index is 10.8. The molecule has 0 aliphatic rings. The second kappa shape index (κ2) is 6.63. The standard InChI is InChI=1S/C11H17N3O4/c1-3-4-14-6-9(5-12-14)18-7-10(11(16)17)13-8(2)15/h5-6,10H,3-4,7H2,1-2H3,(H,13,15)(H,16,17). The number of carbonyl (C=O) groups is 2. The number of nitrogens with zero attached hydrogens (tertiary/aromatic N) is 2. The SMILES string of the molecule is CCCn1cc(OCC(NC(C)=O)C(=O)O)cn1. The normalized spacial score (nSPS) is 11.9. The topological polar surface area (TPSA) is 93.5 Å². The van der Waals surface area contributed by atoms with Gasteiger partial charge in [-0.25, -0.2) is 4.79 Å². The second-order valence-electron chi connectivity index (χ2n) is 3.84. The lowest BCUT2D eigenvalue weighted by Crippen LogP contribution is -2.43. The third kappa shape index (κ3) is 4.44. The van der Waals surface area contributed by atoms with Crippen LogP contribution in [0.4, 0.5) is 0 Å². The van der Waals surface area contributed by atoms with Gasteiger partial charge in [0.05, 0.1) is 12.4 Å². The van der Waals surface area contributed by atoms with Crippen molar-refractivity contribution in [3.05, 3.63) is 12.4 Å². The van der Waals surface area contributed by atoms with Gasteiger partial charge in [0, 0.05) is 13.5 Å². The minimum atomic E-state index is -1.13. The van der Waals surface area contributed by atoms with Gasteiger partial charge in [-0.1, -0.05) is 6.92 Å². The highest BCUT2D eigenvalue weighted by Crippen LogP contribution is 2.08. The molecule has 1 amide bonds. The number of aryl methyl sites for hydroxylation is 1. The van der Waals surface area contributed by atoms with Gasteiger partial charge in [-0.05, 0) is 6.42 Å². The number of aromatic nitrogens is 2. The molecule has 1 atom stereocenters. The minimum absolute atomic E-state index is 0.132. The van der Waals surface area contributed by atoms with Crippen LogP contribution in [0.3, 0.4) is 0 Å². The van der Waals surface area contributed by atoms with E-state index in [0.29, 0.717) is 5.75 Å². The molecule has 7 heteroatoms. The van der Waals surface area contributed by atoms with Crippen LogP contribution < -0.4 is 10.1 Å². The van der Waals surface area contributed by atoms with Crippen LogP contribution in [0.15, 0.2) is 12.4 Å². The van der Waals surface area contributed by atoms with Gasteiger partial charge in [0.1, 0.15) is 6.61 Å². The molecular formula is C11H17N3O4. The Balaban J connectivity index is 2.50. The summed E-state index contributed by atoms with van der Waals surface area (Å²) in [4.78, 5) is 21.7. The fourth-order valence-corrected chi connectivity index (χ4v) is 1.37. The van der Waals surface area contributed by atoms with Gasteiger partial charge in [0.15, 0.2) is 11.8 Å². The van der Waals surface area contributed by atoms with Crippen LogP contribution in [0, 0.1) is 0 Å². The van der Waals surface area contributed by atoms with E-state index in [0.717, 1.165) is 13.0 Å². The van der Waals surface area contributed by atoms with E-state index in [9.17, 15) is 9.59 Å². The van der Waals surface area contributed by atoms with Crippen molar-refractivity contribution in [2.75, 3.05) is 6.61 Å². The van der Waals surface area contributed by atoms with Gasteiger partial charge >= 0.3 is 5.97 Å². The van der Waals surface area contributed by atoms with E-state index in [1.807, 2.05) is 6.92 Å². The smallest absolute Gasteiger partial charge is 0.329 e. The van der Waals surface area contributed by atoms with Crippen molar-refractivity contribution in [1.29, 1.82) is 0 Å². The number of hydrogen-bond acceptors (Lipinski definition) is 4. The first kappa shape index (κ1) is 14.0. The molecule has 1 heterocycles. The average Bonchev–Trinajstić information content (AvgIpc) is 2.72. The first-order valence-electron chi connectivity index (χ1n) is 5.68. The highest BCUT2D eigenvalue weighted by Gasteiger charge is 2.19. The molecule has 0 saturated heterocycles. The number of carbonyl (C=O) groups excluding carboxylic acids is 1. The third-order valence-electron chi connectivity index (χ3n) is 2.15. The molecule has 0 radical (unpaired) electrons. The van der Waals surface area contributed by atoms with E-state index in [4.69, 9.17) is 9.84 Å². The van der Waals surface area contributed by atoms with Crippen molar-refractivity contribution in [1.82, 2.24) is 15.1 Å². The third-order valence-corrected chi connectivity index (χ3v) is 2.15. The summed E-state index contributed by atoms with van der Waals surface area (Å²) >= 11 is 0. The maximum atomic E-state index is 10.8. The van der Waals surface area contributed by atoms with Gasteiger partial charge < -0.3 is 15.2 Å². The van der Waals surface area contributed by atoms with Crippen molar-refractivity contribution in [3.63, 3.8) is 0 Å². The number of ether oxygens (including phenoxy) is 1. The Morgan fingerprint density at radius 1 is 1.61 bits per heavy atom. The zero-order valence-corrected chi connectivity index (χ0v) is 10.4. The summed E-state index contributed by atoms with van der Waals surface area (Å²) < 4.78 is 6.99. The zero-order chi connectivity index (χ0) is 13.5. The fraction of sp³-hybridized carbons (Fsp3) is 0.545. The predicted molar refractivity (Wildman–Crippen MR) is 63.3 cm³/mol. The summed E-state index contributed by atoms with van der Waals surface area (Å²) in [6.07, 6.45) is 4.16. The molecule has 1 rings (SSSR count). The Kier molecular flexibility index (Phi) is 5.16. The second-order valence-corrected chi connectivity index (χ2v) is 3.84. The van der Waals surface area contributed by atoms with Crippen molar-refractivity contribution in [2.24, 2.45) is 0 Å². The van der Waals surface area contributed by atoms with E-state index in [1.165, 1.54) is 13.1 Å². The zero-order valence-electron chi connectivity index (χ0n) is 10.4. The average molecular weight is 255 g/mol. The molecule has 100 valence electrons. The van der Waals surface area contributed by atoms with Crippen LogP contribution in [-0.4, -0.2) is 39.4 Å². The van der Waals surface area contributed by atoms with Gasteiger partial charge in [0.2, 0.25) is 5.91 Å². The predicted octanol–water partition coefficient (Wildman–Crippen LogP) is 0.261. The summed E-state index contributed by atoms with van der Waals surface area (Å²) in [6, 6.07) is -1.06. The van der Waals surface area contributed by atoms with Crippen molar-refractivity contribution in [2.45, 2.75) is 32.9 Å². The van der Waals surface area contributed by atoms with Crippen LogP contribution in [-0.2, 0) is 16.1 Å². The largest absolute Gasteiger partial charge is 0.488 e. The summed E-state index contributed by atoms with van der Waals surface area (Å²) in [5, 5.41) is 15.2. The monoisotopic (exact) mass is 255 g/mol. The molecule has 1 aromatic rings. The maximum Gasteiger partial charge on any atom is 0.329 e. The highest BCUT2D eigenvalue weighted by atomic mass is 16.5. The molecule has 0 aliphatic carbocycles. The molecule has 0 fully saturated rings. The van der Waals surface area contributed by atoms with Crippen LogP contribution in [0.25, 0.3) is 0 Å². The lowest BCUT2D eigenvalue weighted by molar-refractivity contribution is -0.142. The molecule has 0 aromatic carbocycles. The first-order chi connectivity index (χ1) is 8.52. The van der Waals surface area contributed by atoms with E-state index < -0.39 is 17.9 Å². The summed E-state index contributed by atoms with van der Waals surface area (Å²) in [6.45, 7) is 3.93. The molecule has 0 bridgehead atoms. The molecule has 0 saturated carbocycles. The Labute approximate surface area is 105 Å². The molecule has 18 heavy (non-hydrogen) atoms. The Morgan fingerprint density at radius 2 is 2.33 bits per heavy atom. The van der Waals surface area contributed by atoms with Crippen molar-refractivity contribution in [3.8, 4) is 5.75 Å². The van der Waals surface area contributed by atoms with E-state index >= 15 is 0 Å². The van der Waals surface area contributed by atoms with Gasteiger partial charge in [0.25, 0.3) is 0 Å². The minimum Gasteiger partial charge on any atom is -0.488 e. The summed E-state index contributed by atoms with van der Waals surface area (Å²) in [5.41, 5.74) is 0. The van der Waals surface area contributed by atoms with Gasteiger partial charge in [-0.15, -0.1) is 0 Å². The Hall–Kier alpha value is -2.05. The van der Waals surface area contributed by atoms with Crippen molar-refractivity contribution >= 4 is 11.9 Å². The number of rotatable bonds is 7. The van der Waals surface area contributed by atoms with Crippen LogP contribution >= 0.6 is 0 Å². The number of carboxylic acids is 1. The number of aliphatic carboxylic acids is 1. The molecule has 1 aromatic heterocycles. The number of carboxylic acid groups (broad SMARTS) is 1. The van der Waals surface area contributed by atoms with Gasteiger partial charge in [-0.3, -0.25) is 9.48 Å². The van der Waals surface area contributed by atoms with Crippen LogP contribution in [0.1, 0.15) is 20.3 Å². The molecule has 0 aliphatic heterocycles. The number of amides is 1. The molecule has 0 spiro atoms. The summed E-state index contributed by atoms with van der Waals surface area (Å²) in [5.74, 6) is -1.06. The van der Waals surface area contributed by atoms with E-state index in [1.54, 1.807) is 10.9 Å². The molecule has 7 nitrogen and oxygen atoms in total. The highest BCUT2D eigenvalue weighted by molar-refractivity contribution is 5.82. The molecule has 1 unspecified atom stereocenters. The quantitative estimate of drug-likeness (QED) is 0.729. The number of hydrogen-bond donors (Lipinski definition) is 2. The van der Waals surface area contributed by atoms with Crippen LogP contribution in [0.2, 0.25) is 0 Å².